The molecule has 1 aliphatic rings. The average Bonchev–Trinajstić information content (AvgIpc) is 3.22. The second-order valence-corrected chi connectivity index (χ2v) is 5.29. The van der Waals surface area contributed by atoms with Crippen molar-refractivity contribution in [2.45, 2.75) is 38.4 Å². The summed E-state index contributed by atoms with van der Waals surface area (Å²) in [5.74, 6) is -0.0191. The van der Waals surface area contributed by atoms with Crippen LogP contribution in [0.5, 0.6) is 0 Å². The summed E-state index contributed by atoms with van der Waals surface area (Å²) in [6, 6.07) is 10.1. The fourth-order valence-corrected chi connectivity index (χ4v) is 2.03. The first-order valence-electron chi connectivity index (χ1n) is 7.27. The zero-order valence-electron chi connectivity index (χ0n) is 11.8. The van der Waals surface area contributed by atoms with Crippen molar-refractivity contribution in [1.29, 1.82) is 0 Å². The maximum atomic E-state index is 11.8. The van der Waals surface area contributed by atoms with Crippen molar-refractivity contribution in [2.75, 3.05) is 5.32 Å². The Bertz CT molecular complexity index is 591. The van der Waals surface area contributed by atoms with Crippen LogP contribution in [0.4, 0.5) is 5.69 Å². The molecule has 1 aromatic heterocycles. The van der Waals surface area contributed by atoms with Crippen molar-refractivity contribution in [3.63, 3.8) is 0 Å². The number of amides is 1. The highest BCUT2D eigenvalue weighted by Crippen LogP contribution is 2.18. The lowest BCUT2D eigenvalue weighted by molar-refractivity contribution is -0.116. The topological polar surface area (TPSA) is 71.8 Å². The summed E-state index contributed by atoms with van der Waals surface area (Å²) in [4.78, 5) is 11.8. The SMILES string of the molecule is O=C(CCn1cc(CNC2CC2)nn1)Nc1ccccc1. The first kappa shape index (κ1) is 13.8. The van der Waals surface area contributed by atoms with Gasteiger partial charge in [-0.25, -0.2) is 0 Å². The molecule has 0 unspecified atom stereocenters. The van der Waals surface area contributed by atoms with E-state index in [1.54, 1.807) is 4.68 Å². The highest BCUT2D eigenvalue weighted by Gasteiger charge is 2.20. The van der Waals surface area contributed by atoms with Crippen molar-refractivity contribution in [3.8, 4) is 0 Å². The molecule has 1 saturated carbocycles. The number of aromatic nitrogens is 3. The summed E-state index contributed by atoms with van der Waals surface area (Å²) in [6.45, 7) is 1.29. The summed E-state index contributed by atoms with van der Waals surface area (Å²) >= 11 is 0. The molecule has 0 atom stereocenters. The molecule has 1 amide bonds. The molecular weight excluding hydrogens is 266 g/mol. The summed E-state index contributed by atoms with van der Waals surface area (Å²) in [7, 11) is 0. The van der Waals surface area contributed by atoms with Gasteiger partial charge in [-0.05, 0) is 25.0 Å². The van der Waals surface area contributed by atoms with Gasteiger partial charge in [-0.2, -0.15) is 0 Å². The molecule has 2 N–H and O–H groups in total. The Balaban J connectivity index is 1.42. The monoisotopic (exact) mass is 285 g/mol. The van der Waals surface area contributed by atoms with Gasteiger partial charge in [0.25, 0.3) is 0 Å². The molecule has 3 rings (SSSR count). The molecule has 1 aliphatic carbocycles. The normalized spacial score (nSPS) is 14.1. The highest BCUT2D eigenvalue weighted by molar-refractivity contribution is 5.90. The number of nitrogens with one attached hydrogen (secondary N) is 2. The Hall–Kier alpha value is -2.21. The van der Waals surface area contributed by atoms with Gasteiger partial charge in [-0.3, -0.25) is 9.48 Å². The Kier molecular flexibility index (Phi) is 4.25. The van der Waals surface area contributed by atoms with E-state index in [0.717, 1.165) is 17.9 Å². The standard InChI is InChI=1S/C15H19N5O/c21-15(17-13-4-2-1-3-5-13)8-9-20-11-14(18-19-20)10-16-12-6-7-12/h1-5,11-12,16H,6-10H2,(H,17,21). The van der Waals surface area contributed by atoms with Gasteiger partial charge >= 0.3 is 0 Å². The van der Waals surface area contributed by atoms with Gasteiger partial charge < -0.3 is 10.6 Å². The van der Waals surface area contributed by atoms with Gasteiger partial charge in [-0.1, -0.05) is 23.4 Å². The number of anilines is 1. The summed E-state index contributed by atoms with van der Waals surface area (Å²) < 4.78 is 1.72. The van der Waals surface area contributed by atoms with Crippen LogP contribution in [0.25, 0.3) is 0 Å². The minimum Gasteiger partial charge on any atom is -0.326 e. The van der Waals surface area contributed by atoms with Crippen LogP contribution in [0.1, 0.15) is 25.0 Å². The molecule has 6 heteroatoms. The van der Waals surface area contributed by atoms with E-state index in [1.165, 1.54) is 12.8 Å². The Morgan fingerprint density at radius 1 is 1.29 bits per heavy atom. The first-order valence-corrected chi connectivity index (χ1v) is 7.27. The van der Waals surface area contributed by atoms with Crippen LogP contribution >= 0.6 is 0 Å². The van der Waals surface area contributed by atoms with Gasteiger partial charge in [0.2, 0.25) is 5.91 Å². The molecule has 0 bridgehead atoms. The number of aryl methyl sites for hydroxylation is 1. The average molecular weight is 285 g/mol. The molecular formula is C15H19N5O. The molecule has 0 spiro atoms. The van der Waals surface area contributed by atoms with Crippen LogP contribution < -0.4 is 10.6 Å². The molecule has 2 aromatic rings. The Labute approximate surface area is 123 Å². The van der Waals surface area contributed by atoms with E-state index >= 15 is 0 Å². The van der Waals surface area contributed by atoms with E-state index in [1.807, 2.05) is 36.5 Å². The number of carbonyl (C=O) groups is 1. The van der Waals surface area contributed by atoms with Crippen LogP contribution in [0.15, 0.2) is 36.5 Å². The Morgan fingerprint density at radius 3 is 2.86 bits per heavy atom. The third-order valence-electron chi connectivity index (χ3n) is 3.36. The fourth-order valence-electron chi connectivity index (χ4n) is 2.03. The van der Waals surface area contributed by atoms with Crippen LogP contribution in [0.2, 0.25) is 0 Å². The lowest BCUT2D eigenvalue weighted by atomic mass is 10.3. The lowest BCUT2D eigenvalue weighted by Gasteiger charge is -2.04. The molecule has 1 heterocycles. The van der Waals surface area contributed by atoms with Crippen molar-refractivity contribution in [1.82, 2.24) is 20.3 Å². The predicted octanol–water partition coefficient (Wildman–Crippen LogP) is 1.56. The molecule has 0 radical (unpaired) electrons. The van der Waals surface area contributed by atoms with Crippen molar-refractivity contribution >= 4 is 11.6 Å². The van der Waals surface area contributed by atoms with Crippen LogP contribution in [-0.2, 0) is 17.9 Å². The van der Waals surface area contributed by atoms with Crippen LogP contribution in [0, 0.1) is 0 Å². The zero-order valence-corrected chi connectivity index (χ0v) is 11.8. The fraction of sp³-hybridized carbons (Fsp3) is 0.400. The molecule has 1 fully saturated rings. The number of para-hydroxylation sites is 1. The minimum atomic E-state index is -0.0191. The molecule has 0 saturated heterocycles. The number of hydrogen-bond acceptors (Lipinski definition) is 4. The van der Waals surface area contributed by atoms with E-state index in [4.69, 9.17) is 0 Å². The molecule has 0 aliphatic heterocycles. The van der Waals surface area contributed by atoms with E-state index in [2.05, 4.69) is 20.9 Å². The largest absolute Gasteiger partial charge is 0.326 e. The maximum Gasteiger partial charge on any atom is 0.226 e. The lowest BCUT2D eigenvalue weighted by Crippen LogP contribution is -2.15. The highest BCUT2D eigenvalue weighted by atomic mass is 16.1. The summed E-state index contributed by atoms with van der Waals surface area (Å²) in [6.07, 6.45) is 4.79. The molecule has 110 valence electrons. The molecule has 21 heavy (non-hydrogen) atoms. The maximum absolute atomic E-state index is 11.8. The van der Waals surface area contributed by atoms with Crippen LogP contribution in [-0.4, -0.2) is 26.9 Å². The number of nitrogens with zero attached hydrogens (tertiary/aromatic N) is 3. The minimum absolute atomic E-state index is 0.0191. The number of carbonyl (C=O) groups excluding carboxylic acids is 1. The van der Waals surface area contributed by atoms with Gasteiger partial charge in [-0.15, -0.1) is 5.10 Å². The van der Waals surface area contributed by atoms with E-state index < -0.39 is 0 Å². The second-order valence-electron chi connectivity index (χ2n) is 5.29. The summed E-state index contributed by atoms with van der Waals surface area (Å²) in [5.41, 5.74) is 1.74. The molecule has 6 nitrogen and oxygen atoms in total. The number of benzene rings is 1. The smallest absolute Gasteiger partial charge is 0.226 e. The Morgan fingerprint density at radius 2 is 2.10 bits per heavy atom. The molecule has 1 aromatic carbocycles. The van der Waals surface area contributed by atoms with Crippen molar-refractivity contribution in [2.24, 2.45) is 0 Å². The van der Waals surface area contributed by atoms with E-state index in [0.29, 0.717) is 19.0 Å². The van der Waals surface area contributed by atoms with Crippen molar-refractivity contribution in [3.05, 3.63) is 42.2 Å². The van der Waals surface area contributed by atoms with Crippen LogP contribution in [0.3, 0.4) is 0 Å². The zero-order chi connectivity index (χ0) is 14.5. The summed E-state index contributed by atoms with van der Waals surface area (Å²) in [5, 5.41) is 14.4. The van der Waals surface area contributed by atoms with E-state index in [-0.39, 0.29) is 5.91 Å². The third-order valence-corrected chi connectivity index (χ3v) is 3.36. The van der Waals surface area contributed by atoms with Crippen molar-refractivity contribution < 1.29 is 4.79 Å². The quantitative estimate of drug-likeness (QED) is 0.810. The third kappa shape index (κ3) is 4.39. The van der Waals surface area contributed by atoms with Gasteiger partial charge in [0.1, 0.15) is 0 Å². The first-order chi connectivity index (χ1) is 10.3. The number of rotatable bonds is 7. The van der Waals surface area contributed by atoms with Gasteiger partial charge in [0.05, 0.1) is 12.2 Å². The number of hydrogen-bond donors (Lipinski definition) is 2. The van der Waals surface area contributed by atoms with Gasteiger partial charge in [0.15, 0.2) is 0 Å². The second kappa shape index (κ2) is 6.49. The predicted molar refractivity (Wildman–Crippen MR) is 79.6 cm³/mol. The van der Waals surface area contributed by atoms with E-state index in [9.17, 15) is 4.79 Å². The van der Waals surface area contributed by atoms with Gasteiger partial charge in [0, 0.05) is 30.9 Å².